The smallest absolute Gasteiger partial charge is 0.0113 e. The van der Waals surface area contributed by atoms with Crippen molar-refractivity contribution in [1.82, 2.24) is 0 Å². The molecule has 0 aromatic heterocycles. The van der Waals surface area contributed by atoms with Gasteiger partial charge in [0.2, 0.25) is 0 Å². The number of fused-ring (bicyclic) bond motifs is 2. The predicted octanol–water partition coefficient (Wildman–Crippen LogP) is 8.21. The first-order valence-corrected chi connectivity index (χ1v) is 16.2. The highest BCUT2D eigenvalue weighted by molar-refractivity contribution is 7.77. The van der Waals surface area contributed by atoms with Crippen molar-refractivity contribution < 1.29 is 0 Å². The molecule has 7 rings (SSSR count). The number of hydrogen-bond donors (Lipinski definition) is 0. The topological polar surface area (TPSA) is 0 Å². The van der Waals surface area contributed by atoms with Gasteiger partial charge in [0, 0.05) is 0 Å². The lowest BCUT2D eigenvalue weighted by atomic mass is 9.78. The van der Waals surface area contributed by atoms with Gasteiger partial charge in [-0.25, -0.2) is 0 Å². The number of allylic oxidation sites excluding steroid dienone is 8. The van der Waals surface area contributed by atoms with Crippen LogP contribution in [0.1, 0.15) is 25.7 Å². The molecule has 4 aromatic rings. The molecule has 0 aliphatic heterocycles. The van der Waals surface area contributed by atoms with E-state index < -0.39 is 15.8 Å². The van der Waals surface area contributed by atoms with Gasteiger partial charge in [-0.2, -0.15) is 0 Å². The molecule has 2 heteroatoms. The molecule has 184 valence electrons. The Morgan fingerprint density at radius 3 is 0.921 bits per heavy atom. The van der Waals surface area contributed by atoms with Crippen LogP contribution in [0.25, 0.3) is 0 Å². The van der Waals surface area contributed by atoms with Gasteiger partial charge in [-0.3, -0.25) is 0 Å². The molecule has 4 aromatic carbocycles. The lowest BCUT2D eigenvalue weighted by molar-refractivity contribution is 0.795. The predicted molar refractivity (Wildman–Crippen MR) is 167 cm³/mol. The summed E-state index contributed by atoms with van der Waals surface area (Å²) in [6.45, 7) is 0. The minimum absolute atomic E-state index is 0.516. The summed E-state index contributed by atoms with van der Waals surface area (Å²) >= 11 is 0. The summed E-state index contributed by atoms with van der Waals surface area (Å²) in [7, 11) is -1.03. The highest BCUT2D eigenvalue weighted by atomic mass is 31.1. The van der Waals surface area contributed by atoms with Crippen molar-refractivity contribution in [2.75, 3.05) is 0 Å². The Kier molecular flexibility index (Phi) is 6.55. The first-order valence-electron chi connectivity index (χ1n) is 13.6. The zero-order valence-electron chi connectivity index (χ0n) is 21.4. The fourth-order valence-electron chi connectivity index (χ4n) is 5.96. The molecule has 0 nitrogen and oxygen atoms in total. The van der Waals surface area contributed by atoms with Crippen LogP contribution in [0.3, 0.4) is 0 Å². The third-order valence-corrected chi connectivity index (χ3v) is 12.9. The highest BCUT2D eigenvalue weighted by Crippen LogP contribution is 2.58. The van der Waals surface area contributed by atoms with Gasteiger partial charge in [-0.15, -0.1) is 0 Å². The molecular weight excluding hydrogens is 494 g/mol. The fraction of sp³-hybridized carbons (Fsp3) is 0.111. The SMILES string of the molecule is C1=C2CCC3=CC(P(c4ccccc4)c4ccccc4)=C3CCC2=C1P(c1ccccc1)c1ccccc1. The van der Waals surface area contributed by atoms with E-state index in [-0.39, 0.29) is 0 Å². The Morgan fingerprint density at radius 1 is 0.342 bits per heavy atom. The van der Waals surface area contributed by atoms with Crippen LogP contribution in [0.4, 0.5) is 0 Å². The van der Waals surface area contributed by atoms with Crippen LogP contribution in [0.15, 0.2) is 166 Å². The molecule has 1 fully saturated rings. The molecule has 0 unspecified atom stereocenters. The quantitative estimate of drug-likeness (QED) is 0.223. The average molecular weight is 525 g/mol. The summed E-state index contributed by atoms with van der Waals surface area (Å²) in [5.74, 6) is 0. The first-order chi connectivity index (χ1) is 18.9. The van der Waals surface area contributed by atoms with Crippen LogP contribution < -0.4 is 21.2 Å². The van der Waals surface area contributed by atoms with Crippen molar-refractivity contribution in [1.29, 1.82) is 0 Å². The number of benzene rings is 4. The normalized spacial score (nSPS) is 16.6. The summed E-state index contributed by atoms with van der Waals surface area (Å²) in [6.07, 6.45) is 9.73. The third kappa shape index (κ3) is 4.37. The third-order valence-electron chi connectivity index (χ3n) is 7.84. The number of rotatable bonds is 6. The van der Waals surface area contributed by atoms with Crippen molar-refractivity contribution in [3.05, 3.63) is 166 Å². The summed E-state index contributed by atoms with van der Waals surface area (Å²) in [6, 6.07) is 44.6. The molecule has 0 N–H and O–H groups in total. The summed E-state index contributed by atoms with van der Waals surface area (Å²) in [5.41, 5.74) is 6.48. The van der Waals surface area contributed by atoms with Crippen LogP contribution in [0.2, 0.25) is 0 Å². The van der Waals surface area contributed by atoms with Gasteiger partial charge in [0.15, 0.2) is 0 Å². The minimum atomic E-state index is -0.516. The van der Waals surface area contributed by atoms with Gasteiger partial charge in [0.1, 0.15) is 0 Å². The van der Waals surface area contributed by atoms with Gasteiger partial charge >= 0.3 is 0 Å². The Labute approximate surface area is 228 Å². The molecule has 3 aliphatic rings. The van der Waals surface area contributed by atoms with E-state index in [0.717, 1.165) is 12.8 Å². The monoisotopic (exact) mass is 524 g/mol. The Bertz CT molecular complexity index is 1370. The molecular formula is C36H30P2. The van der Waals surface area contributed by atoms with Crippen molar-refractivity contribution in [2.24, 2.45) is 0 Å². The summed E-state index contributed by atoms with van der Waals surface area (Å²) in [4.78, 5) is 0. The second-order valence-corrected chi connectivity index (χ2v) is 14.5. The van der Waals surface area contributed by atoms with Crippen molar-refractivity contribution in [3.8, 4) is 0 Å². The Balaban J connectivity index is 1.24. The lowest BCUT2D eigenvalue weighted by Crippen LogP contribution is -2.21. The molecule has 1 saturated carbocycles. The molecule has 0 heterocycles. The minimum Gasteiger partial charge on any atom is -0.0622 e. The molecule has 0 saturated heterocycles. The molecule has 0 radical (unpaired) electrons. The number of hydrogen-bond acceptors (Lipinski definition) is 0. The molecule has 3 aliphatic carbocycles. The second kappa shape index (κ2) is 10.5. The van der Waals surface area contributed by atoms with Gasteiger partial charge < -0.3 is 0 Å². The zero-order chi connectivity index (χ0) is 25.3. The van der Waals surface area contributed by atoms with Gasteiger partial charge in [-0.1, -0.05) is 133 Å². The van der Waals surface area contributed by atoms with Crippen molar-refractivity contribution in [2.45, 2.75) is 25.7 Å². The average Bonchev–Trinajstić information content (AvgIpc) is 2.96. The van der Waals surface area contributed by atoms with E-state index in [2.05, 4.69) is 133 Å². The second-order valence-electron chi connectivity index (χ2n) is 10.1. The van der Waals surface area contributed by atoms with Gasteiger partial charge in [-0.05, 0) is 95.7 Å². The van der Waals surface area contributed by atoms with Crippen LogP contribution in [0, 0.1) is 0 Å². The van der Waals surface area contributed by atoms with E-state index in [1.54, 1.807) is 32.9 Å². The maximum absolute atomic E-state index is 2.54. The molecule has 38 heavy (non-hydrogen) atoms. The van der Waals surface area contributed by atoms with Crippen LogP contribution in [-0.4, -0.2) is 0 Å². The largest absolute Gasteiger partial charge is 0.0622 e. The lowest BCUT2D eigenvalue weighted by Gasteiger charge is -2.37. The van der Waals surface area contributed by atoms with E-state index in [9.17, 15) is 0 Å². The van der Waals surface area contributed by atoms with E-state index in [1.165, 1.54) is 34.1 Å². The zero-order valence-corrected chi connectivity index (χ0v) is 23.2. The van der Waals surface area contributed by atoms with Crippen LogP contribution >= 0.6 is 15.8 Å². The summed E-state index contributed by atoms with van der Waals surface area (Å²) in [5, 5.41) is 9.00. The van der Waals surface area contributed by atoms with Crippen molar-refractivity contribution in [3.63, 3.8) is 0 Å². The molecule has 0 amide bonds. The van der Waals surface area contributed by atoms with E-state index in [0.29, 0.717) is 0 Å². The first kappa shape index (κ1) is 23.8. The van der Waals surface area contributed by atoms with Gasteiger partial charge in [0.25, 0.3) is 0 Å². The Hall–Kier alpha value is -3.30. The maximum atomic E-state index is 2.54. The molecule has 0 atom stereocenters. The summed E-state index contributed by atoms with van der Waals surface area (Å²) < 4.78 is 0. The highest BCUT2D eigenvalue weighted by Gasteiger charge is 2.34. The Morgan fingerprint density at radius 2 is 0.632 bits per heavy atom. The van der Waals surface area contributed by atoms with E-state index in [1.807, 2.05) is 0 Å². The maximum Gasteiger partial charge on any atom is -0.0113 e. The van der Waals surface area contributed by atoms with Gasteiger partial charge in [0.05, 0.1) is 0 Å². The van der Waals surface area contributed by atoms with Crippen molar-refractivity contribution >= 4 is 37.1 Å². The molecule has 0 spiro atoms. The fourth-order valence-corrected chi connectivity index (χ4v) is 11.2. The standard InChI is InChI=1S/C36H30P2/c1-5-13-29(14-6-1)37(30-15-7-2-8-16-30)35-25-27-21-22-28-26-36(34(28)24-23-33(27)35)38(31-17-9-3-10-18-31)32-19-11-4-12-20-32/h1-20,25-26H,21-24H2. The van der Waals surface area contributed by atoms with Crippen LogP contribution in [0.5, 0.6) is 0 Å². The van der Waals surface area contributed by atoms with E-state index >= 15 is 0 Å². The van der Waals surface area contributed by atoms with Crippen LogP contribution in [-0.2, 0) is 0 Å². The molecule has 0 bridgehead atoms. The van der Waals surface area contributed by atoms with E-state index in [4.69, 9.17) is 0 Å².